The van der Waals surface area contributed by atoms with Gasteiger partial charge < -0.3 is 10.5 Å². The standard InChI is InChI=1S/C11H19N3O2/c1-11(2,3)6-7-12-10-5-4-9(8-13-10)14(15)16/h4-5,8,14-15H,6-7H2,1-3H3,(H,12,13). The quantitative estimate of drug-likeness (QED) is 0.676. The Bertz CT molecular complexity index is 317. The number of hydrogen-bond acceptors (Lipinski definition) is 4. The molecule has 0 fully saturated rings. The number of nitrogens with zero attached hydrogens (tertiary/aromatic N) is 1. The van der Waals surface area contributed by atoms with Crippen LogP contribution in [0.3, 0.4) is 0 Å². The lowest BCUT2D eigenvalue weighted by atomic mass is 9.92. The first kappa shape index (κ1) is 12.9. The van der Waals surface area contributed by atoms with Gasteiger partial charge in [0, 0.05) is 12.6 Å². The summed E-state index contributed by atoms with van der Waals surface area (Å²) in [6.45, 7) is 7.36. The minimum absolute atomic E-state index is 0.210. The van der Waals surface area contributed by atoms with Gasteiger partial charge in [-0.1, -0.05) is 20.8 Å². The Morgan fingerprint density at radius 2 is 2.12 bits per heavy atom. The molecule has 5 nitrogen and oxygen atoms in total. The summed E-state index contributed by atoms with van der Waals surface area (Å²) in [6, 6.07) is 3.24. The minimum atomic E-state index is -0.950. The third kappa shape index (κ3) is 4.57. The molecule has 0 aliphatic rings. The Hall–Kier alpha value is -1.17. The highest BCUT2D eigenvalue weighted by Crippen LogP contribution is 2.18. The van der Waals surface area contributed by atoms with Gasteiger partial charge in [-0.05, 0) is 17.9 Å². The summed E-state index contributed by atoms with van der Waals surface area (Å²) in [5.41, 5.74) is 0.495. The molecule has 0 aliphatic carbocycles. The lowest BCUT2D eigenvalue weighted by Gasteiger charge is -2.18. The normalized spacial score (nSPS) is 13.6. The van der Waals surface area contributed by atoms with Gasteiger partial charge >= 0.3 is 0 Å². The number of nitrogens with one attached hydrogen (secondary N) is 2. The second-order valence-electron chi connectivity index (χ2n) is 4.97. The summed E-state index contributed by atoms with van der Waals surface area (Å²) in [4.78, 5) is 4.03. The molecule has 1 heterocycles. The van der Waals surface area contributed by atoms with Crippen molar-refractivity contribution in [3.63, 3.8) is 0 Å². The Morgan fingerprint density at radius 3 is 2.56 bits per heavy atom. The topological polar surface area (TPSA) is 72.7 Å². The summed E-state index contributed by atoms with van der Waals surface area (Å²) in [5, 5.41) is 21.5. The molecule has 0 aliphatic heterocycles. The highest BCUT2D eigenvalue weighted by Gasteiger charge is 2.09. The fourth-order valence-corrected chi connectivity index (χ4v) is 1.19. The number of aromatic nitrogens is 1. The van der Waals surface area contributed by atoms with E-state index in [4.69, 9.17) is 5.21 Å². The highest BCUT2D eigenvalue weighted by molar-refractivity contribution is 5.39. The van der Waals surface area contributed by atoms with Crippen LogP contribution in [0.5, 0.6) is 0 Å². The first-order valence-corrected chi connectivity index (χ1v) is 5.32. The van der Waals surface area contributed by atoms with Crippen LogP contribution in [0.25, 0.3) is 0 Å². The summed E-state index contributed by atoms with van der Waals surface area (Å²) in [7, 11) is 0. The molecule has 0 saturated heterocycles. The lowest BCUT2D eigenvalue weighted by molar-refractivity contribution is -0.991. The molecule has 1 unspecified atom stereocenters. The number of pyridine rings is 1. The summed E-state index contributed by atoms with van der Waals surface area (Å²) >= 11 is 0. The van der Waals surface area contributed by atoms with Crippen molar-refractivity contribution in [3.05, 3.63) is 23.5 Å². The predicted octanol–water partition coefficient (Wildman–Crippen LogP) is 1.33. The monoisotopic (exact) mass is 225 g/mol. The SMILES string of the molecule is CC(C)(C)CCNc1ccc([NH+]([O-])O)cn1. The van der Waals surface area contributed by atoms with Gasteiger partial charge in [0.15, 0.2) is 5.69 Å². The number of anilines is 1. The molecule has 3 N–H and O–H groups in total. The van der Waals surface area contributed by atoms with Gasteiger partial charge in [-0.15, -0.1) is 0 Å². The van der Waals surface area contributed by atoms with Gasteiger partial charge in [0.1, 0.15) is 5.82 Å². The zero-order valence-electron chi connectivity index (χ0n) is 9.95. The molecule has 0 amide bonds. The summed E-state index contributed by atoms with van der Waals surface area (Å²) in [6.07, 6.45) is 2.40. The molecule has 16 heavy (non-hydrogen) atoms. The zero-order chi connectivity index (χ0) is 12.2. The summed E-state index contributed by atoms with van der Waals surface area (Å²) < 4.78 is 0. The van der Waals surface area contributed by atoms with E-state index in [2.05, 4.69) is 31.1 Å². The number of hydrogen-bond donors (Lipinski definition) is 3. The smallest absolute Gasteiger partial charge is 0.182 e. The van der Waals surface area contributed by atoms with Crippen molar-refractivity contribution in [1.29, 1.82) is 0 Å². The maximum atomic E-state index is 10.6. The van der Waals surface area contributed by atoms with E-state index in [1.54, 1.807) is 12.1 Å². The van der Waals surface area contributed by atoms with E-state index in [0.29, 0.717) is 5.82 Å². The third-order valence-corrected chi connectivity index (χ3v) is 2.19. The average molecular weight is 225 g/mol. The van der Waals surface area contributed by atoms with Gasteiger partial charge in [0.25, 0.3) is 0 Å². The van der Waals surface area contributed by atoms with Crippen LogP contribution in [0.2, 0.25) is 0 Å². The Kier molecular flexibility index (Phi) is 4.23. The van der Waals surface area contributed by atoms with E-state index in [1.165, 1.54) is 6.20 Å². The van der Waals surface area contributed by atoms with Crippen molar-refractivity contribution in [3.8, 4) is 0 Å². The van der Waals surface area contributed by atoms with E-state index in [-0.39, 0.29) is 11.1 Å². The van der Waals surface area contributed by atoms with Crippen molar-refractivity contribution in [2.24, 2.45) is 5.41 Å². The van der Waals surface area contributed by atoms with E-state index in [9.17, 15) is 5.21 Å². The van der Waals surface area contributed by atoms with Crippen LogP contribution in [0.1, 0.15) is 27.2 Å². The molecule has 0 bridgehead atoms. The van der Waals surface area contributed by atoms with Crippen molar-refractivity contribution < 1.29 is 10.4 Å². The average Bonchev–Trinajstić information content (AvgIpc) is 2.16. The van der Waals surface area contributed by atoms with Crippen molar-refractivity contribution in [1.82, 2.24) is 4.98 Å². The van der Waals surface area contributed by atoms with E-state index < -0.39 is 5.23 Å². The molecule has 0 radical (unpaired) electrons. The first-order valence-electron chi connectivity index (χ1n) is 5.32. The van der Waals surface area contributed by atoms with Gasteiger partial charge in [-0.2, -0.15) is 5.23 Å². The predicted molar refractivity (Wildman–Crippen MR) is 62.6 cm³/mol. The minimum Gasteiger partial charge on any atom is -0.595 e. The van der Waals surface area contributed by atoms with E-state index in [0.717, 1.165) is 13.0 Å². The Balaban J connectivity index is 2.44. The molecule has 5 heteroatoms. The molecule has 0 saturated carbocycles. The zero-order valence-corrected chi connectivity index (χ0v) is 9.95. The summed E-state index contributed by atoms with van der Waals surface area (Å²) in [5.74, 6) is 0.717. The largest absolute Gasteiger partial charge is 0.595 e. The fourth-order valence-electron chi connectivity index (χ4n) is 1.19. The van der Waals surface area contributed by atoms with Gasteiger partial charge in [0.05, 0.1) is 6.20 Å². The number of rotatable bonds is 4. The van der Waals surface area contributed by atoms with Crippen LogP contribution >= 0.6 is 0 Å². The second kappa shape index (κ2) is 5.25. The molecule has 1 aromatic rings. The molecule has 1 aromatic heterocycles. The van der Waals surface area contributed by atoms with Crippen molar-refractivity contribution >= 4 is 11.5 Å². The van der Waals surface area contributed by atoms with Crippen LogP contribution in [0, 0.1) is 10.6 Å². The van der Waals surface area contributed by atoms with Gasteiger partial charge in [-0.3, -0.25) is 0 Å². The first-order chi connectivity index (χ1) is 7.38. The molecule has 1 atom stereocenters. The Morgan fingerprint density at radius 1 is 1.44 bits per heavy atom. The van der Waals surface area contributed by atoms with E-state index in [1.807, 2.05) is 0 Å². The van der Waals surface area contributed by atoms with Gasteiger partial charge in [0.2, 0.25) is 0 Å². The molecule has 0 aromatic carbocycles. The second-order valence-corrected chi connectivity index (χ2v) is 4.97. The highest BCUT2D eigenvalue weighted by atomic mass is 16.8. The third-order valence-electron chi connectivity index (χ3n) is 2.19. The Labute approximate surface area is 95.6 Å². The molecular formula is C11H19N3O2. The van der Waals surface area contributed by atoms with Crippen LogP contribution in [-0.2, 0) is 0 Å². The molecule has 90 valence electrons. The number of quaternary nitrogens is 1. The lowest BCUT2D eigenvalue weighted by Crippen LogP contribution is -2.99. The van der Waals surface area contributed by atoms with Crippen molar-refractivity contribution in [2.75, 3.05) is 11.9 Å². The van der Waals surface area contributed by atoms with Crippen LogP contribution in [0.4, 0.5) is 11.5 Å². The van der Waals surface area contributed by atoms with E-state index >= 15 is 0 Å². The van der Waals surface area contributed by atoms with Crippen LogP contribution in [-0.4, -0.2) is 16.7 Å². The molecule has 0 spiro atoms. The maximum Gasteiger partial charge on any atom is 0.182 e. The van der Waals surface area contributed by atoms with Crippen LogP contribution in [0.15, 0.2) is 18.3 Å². The van der Waals surface area contributed by atoms with Gasteiger partial charge in [-0.25, -0.2) is 10.2 Å². The molecule has 1 rings (SSSR count). The van der Waals surface area contributed by atoms with Crippen LogP contribution < -0.4 is 10.5 Å². The maximum absolute atomic E-state index is 10.6. The molecular weight excluding hydrogens is 206 g/mol. The van der Waals surface area contributed by atoms with Crippen molar-refractivity contribution in [2.45, 2.75) is 27.2 Å². The fraction of sp³-hybridized carbons (Fsp3) is 0.545.